The van der Waals surface area contributed by atoms with Crippen LogP contribution in [0.1, 0.15) is 0 Å². The SMILES string of the molecule is Cl.Cl.NCCN1CCNC(=O)C1. The Balaban J connectivity index is 0. The minimum Gasteiger partial charge on any atom is -0.354 e. The molecule has 1 fully saturated rings. The molecule has 12 heavy (non-hydrogen) atoms. The van der Waals surface area contributed by atoms with E-state index in [-0.39, 0.29) is 30.7 Å². The van der Waals surface area contributed by atoms with Crippen LogP contribution in [0.25, 0.3) is 0 Å². The minimum absolute atomic E-state index is 0. The number of hydrogen-bond acceptors (Lipinski definition) is 3. The number of halogens is 2. The Morgan fingerprint density at radius 2 is 2.17 bits per heavy atom. The molecule has 0 radical (unpaired) electrons. The topological polar surface area (TPSA) is 58.4 Å². The summed E-state index contributed by atoms with van der Waals surface area (Å²) in [5.41, 5.74) is 5.33. The fourth-order valence-corrected chi connectivity index (χ4v) is 1.06. The smallest absolute Gasteiger partial charge is 0.234 e. The fourth-order valence-electron chi connectivity index (χ4n) is 1.06. The van der Waals surface area contributed by atoms with E-state index < -0.39 is 0 Å². The molecule has 0 aliphatic carbocycles. The number of rotatable bonds is 2. The van der Waals surface area contributed by atoms with E-state index in [0.29, 0.717) is 13.1 Å². The van der Waals surface area contributed by atoms with Crippen LogP contribution in [0.15, 0.2) is 0 Å². The Bertz CT molecular complexity index is 132. The van der Waals surface area contributed by atoms with Crippen molar-refractivity contribution < 1.29 is 4.79 Å². The average molecular weight is 216 g/mol. The summed E-state index contributed by atoms with van der Waals surface area (Å²) in [6.07, 6.45) is 0. The maximum absolute atomic E-state index is 10.8. The van der Waals surface area contributed by atoms with Crippen LogP contribution in [0.5, 0.6) is 0 Å². The van der Waals surface area contributed by atoms with Gasteiger partial charge >= 0.3 is 0 Å². The van der Waals surface area contributed by atoms with Crippen molar-refractivity contribution >= 4 is 30.7 Å². The standard InChI is InChI=1S/C6H13N3O.2ClH/c7-1-3-9-4-2-8-6(10)5-9;;/h1-5,7H2,(H,8,10);2*1H. The van der Waals surface area contributed by atoms with Crippen LogP contribution in [-0.4, -0.2) is 43.5 Å². The maximum Gasteiger partial charge on any atom is 0.234 e. The van der Waals surface area contributed by atoms with Crippen LogP contribution < -0.4 is 11.1 Å². The van der Waals surface area contributed by atoms with Gasteiger partial charge in [0.15, 0.2) is 0 Å². The van der Waals surface area contributed by atoms with E-state index in [1.165, 1.54) is 0 Å². The summed E-state index contributed by atoms with van der Waals surface area (Å²) < 4.78 is 0. The van der Waals surface area contributed by atoms with Gasteiger partial charge in [0.25, 0.3) is 0 Å². The van der Waals surface area contributed by atoms with Crippen LogP contribution in [0.2, 0.25) is 0 Å². The zero-order valence-electron chi connectivity index (χ0n) is 6.78. The van der Waals surface area contributed by atoms with E-state index in [1.54, 1.807) is 0 Å². The monoisotopic (exact) mass is 215 g/mol. The first-order chi connectivity index (χ1) is 4.83. The Hall–Kier alpha value is -0.0300. The van der Waals surface area contributed by atoms with Gasteiger partial charge in [-0.3, -0.25) is 9.69 Å². The average Bonchev–Trinajstić information content (AvgIpc) is 1.88. The van der Waals surface area contributed by atoms with Gasteiger partial charge in [0, 0.05) is 26.2 Å². The van der Waals surface area contributed by atoms with Gasteiger partial charge in [0.05, 0.1) is 6.54 Å². The van der Waals surface area contributed by atoms with Crippen molar-refractivity contribution in [2.24, 2.45) is 5.73 Å². The van der Waals surface area contributed by atoms with Gasteiger partial charge in [-0.2, -0.15) is 0 Å². The van der Waals surface area contributed by atoms with E-state index in [4.69, 9.17) is 5.73 Å². The van der Waals surface area contributed by atoms with Gasteiger partial charge < -0.3 is 11.1 Å². The number of carbonyl (C=O) groups is 1. The molecule has 0 saturated carbocycles. The lowest BCUT2D eigenvalue weighted by molar-refractivity contribution is -0.124. The molecule has 74 valence electrons. The van der Waals surface area contributed by atoms with Gasteiger partial charge in [0.2, 0.25) is 5.91 Å². The first-order valence-electron chi connectivity index (χ1n) is 3.52. The fraction of sp³-hybridized carbons (Fsp3) is 0.833. The molecule has 0 spiro atoms. The van der Waals surface area contributed by atoms with E-state index in [1.807, 2.05) is 0 Å². The lowest BCUT2D eigenvalue weighted by Gasteiger charge is -2.25. The Morgan fingerprint density at radius 3 is 2.67 bits per heavy atom. The van der Waals surface area contributed by atoms with Crippen molar-refractivity contribution in [3.05, 3.63) is 0 Å². The molecule has 1 amide bonds. The highest BCUT2D eigenvalue weighted by Crippen LogP contribution is 1.90. The van der Waals surface area contributed by atoms with Gasteiger partial charge in [0.1, 0.15) is 0 Å². The van der Waals surface area contributed by atoms with Crippen molar-refractivity contribution in [2.45, 2.75) is 0 Å². The van der Waals surface area contributed by atoms with Crippen molar-refractivity contribution in [2.75, 3.05) is 32.7 Å². The quantitative estimate of drug-likeness (QED) is 0.636. The maximum atomic E-state index is 10.8. The van der Waals surface area contributed by atoms with Crippen molar-refractivity contribution in [1.82, 2.24) is 10.2 Å². The minimum atomic E-state index is 0. The summed E-state index contributed by atoms with van der Waals surface area (Å²) >= 11 is 0. The highest BCUT2D eigenvalue weighted by atomic mass is 35.5. The van der Waals surface area contributed by atoms with Crippen LogP contribution in [0, 0.1) is 0 Å². The number of nitrogens with zero attached hydrogens (tertiary/aromatic N) is 1. The zero-order chi connectivity index (χ0) is 7.40. The molecule has 1 rings (SSSR count). The summed E-state index contributed by atoms with van der Waals surface area (Å²) in [4.78, 5) is 12.8. The lowest BCUT2D eigenvalue weighted by atomic mass is 10.3. The first kappa shape index (κ1) is 14.5. The zero-order valence-corrected chi connectivity index (χ0v) is 8.42. The number of hydrogen-bond donors (Lipinski definition) is 2. The van der Waals surface area contributed by atoms with Crippen LogP contribution >= 0.6 is 24.8 Å². The molecule has 0 atom stereocenters. The molecule has 0 aromatic carbocycles. The van der Waals surface area contributed by atoms with Gasteiger partial charge in [-0.25, -0.2) is 0 Å². The molecule has 1 aliphatic rings. The molecule has 0 aromatic rings. The second kappa shape index (κ2) is 7.61. The van der Waals surface area contributed by atoms with E-state index in [2.05, 4.69) is 10.2 Å². The van der Waals surface area contributed by atoms with Crippen LogP contribution in [0.3, 0.4) is 0 Å². The number of piperazine rings is 1. The van der Waals surface area contributed by atoms with Gasteiger partial charge in [-0.05, 0) is 0 Å². The summed E-state index contributed by atoms with van der Waals surface area (Å²) in [7, 11) is 0. The van der Waals surface area contributed by atoms with E-state index >= 15 is 0 Å². The third-order valence-electron chi connectivity index (χ3n) is 1.56. The first-order valence-corrected chi connectivity index (χ1v) is 3.52. The molecule has 1 aliphatic heterocycles. The third kappa shape index (κ3) is 4.77. The molecule has 4 nitrogen and oxygen atoms in total. The third-order valence-corrected chi connectivity index (χ3v) is 1.56. The number of amides is 1. The Labute approximate surface area is 84.7 Å². The number of carbonyl (C=O) groups excluding carboxylic acids is 1. The molecule has 3 N–H and O–H groups in total. The van der Waals surface area contributed by atoms with Crippen molar-refractivity contribution in [3.63, 3.8) is 0 Å². The normalized spacial score (nSPS) is 17.2. The molecular formula is C6H15Cl2N3O. The summed E-state index contributed by atoms with van der Waals surface area (Å²) in [6, 6.07) is 0. The summed E-state index contributed by atoms with van der Waals surface area (Å²) in [5.74, 6) is 0.111. The largest absolute Gasteiger partial charge is 0.354 e. The Morgan fingerprint density at radius 1 is 1.50 bits per heavy atom. The van der Waals surface area contributed by atoms with E-state index in [9.17, 15) is 4.79 Å². The van der Waals surface area contributed by atoms with Gasteiger partial charge in [-0.1, -0.05) is 0 Å². The Kier molecular flexibility index (Phi) is 9.19. The molecule has 1 saturated heterocycles. The van der Waals surface area contributed by atoms with Crippen molar-refractivity contribution in [1.29, 1.82) is 0 Å². The summed E-state index contributed by atoms with van der Waals surface area (Å²) in [5, 5.41) is 2.75. The second-order valence-corrected chi connectivity index (χ2v) is 2.41. The molecule has 6 heteroatoms. The molecule has 0 bridgehead atoms. The second-order valence-electron chi connectivity index (χ2n) is 2.41. The lowest BCUT2D eigenvalue weighted by Crippen LogP contribution is -2.48. The molecule has 0 aromatic heterocycles. The highest BCUT2D eigenvalue weighted by Gasteiger charge is 2.13. The summed E-state index contributed by atoms with van der Waals surface area (Å²) in [6.45, 7) is 3.67. The van der Waals surface area contributed by atoms with Crippen molar-refractivity contribution in [3.8, 4) is 0 Å². The highest BCUT2D eigenvalue weighted by molar-refractivity contribution is 5.85. The van der Waals surface area contributed by atoms with E-state index in [0.717, 1.165) is 19.6 Å². The van der Waals surface area contributed by atoms with Crippen LogP contribution in [-0.2, 0) is 4.79 Å². The molecule has 0 unspecified atom stereocenters. The predicted octanol–water partition coefficient (Wildman–Crippen LogP) is -0.779. The number of nitrogens with one attached hydrogen (secondary N) is 1. The predicted molar refractivity (Wildman–Crippen MR) is 53.0 cm³/mol. The molecule has 1 heterocycles. The molecular weight excluding hydrogens is 201 g/mol. The van der Waals surface area contributed by atoms with Gasteiger partial charge in [-0.15, -0.1) is 24.8 Å². The number of nitrogens with two attached hydrogens (primary N) is 1. The van der Waals surface area contributed by atoms with Crippen LogP contribution in [0.4, 0.5) is 0 Å².